The van der Waals surface area contributed by atoms with E-state index in [1.54, 1.807) is 0 Å². The Balaban J connectivity index is 2.30. The quantitative estimate of drug-likeness (QED) is 0.730. The highest BCUT2D eigenvalue weighted by atomic mass is 127. The van der Waals surface area contributed by atoms with Gasteiger partial charge in [0.15, 0.2) is 0 Å². The third-order valence-corrected chi connectivity index (χ3v) is 3.65. The van der Waals surface area contributed by atoms with Crippen LogP contribution in [0.4, 0.5) is 0 Å². The lowest BCUT2D eigenvalue weighted by Crippen LogP contribution is -1.93. The van der Waals surface area contributed by atoms with Crippen LogP contribution >= 0.6 is 22.6 Å². The minimum absolute atomic E-state index is 1.03. The molecule has 2 aromatic carbocycles. The fourth-order valence-electron chi connectivity index (χ4n) is 1.66. The molecular formula is C14H13I. The molecule has 76 valence electrons. The molecule has 0 radical (unpaired) electrons. The Morgan fingerprint density at radius 1 is 0.867 bits per heavy atom. The number of hydrogen-bond acceptors (Lipinski definition) is 0. The van der Waals surface area contributed by atoms with Crippen LogP contribution in [-0.2, 0) is 6.42 Å². The molecule has 2 rings (SSSR count). The molecule has 0 saturated carbocycles. The molecule has 0 aromatic heterocycles. The van der Waals surface area contributed by atoms with Crippen molar-refractivity contribution in [1.82, 2.24) is 0 Å². The summed E-state index contributed by atoms with van der Waals surface area (Å²) in [6.07, 6.45) is 1.03. The molecule has 0 unspecified atom stereocenters. The van der Waals surface area contributed by atoms with E-state index < -0.39 is 0 Å². The Morgan fingerprint density at radius 2 is 1.47 bits per heavy atom. The molecule has 0 aliphatic carbocycles. The van der Waals surface area contributed by atoms with Gasteiger partial charge in [0, 0.05) is 3.57 Å². The van der Waals surface area contributed by atoms with Gasteiger partial charge in [0.05, 0.1) is 0 Å². The number of hydrogen-bond donors (Lipinski definition) is 0. The average molecular weight is 308 g/mol. The van der Waals surface area contributed by atoms with Crippen LogP contribution in [0.5, 0.6) is 0 Å². The highest BCUT2D eigenvalue weighted by Gasteiger charge is 2.01. The maximum atomic E-state index is 2.40. The van der Waals surface area contributed by atoms with Crippen molar-refractivity contribution in [3.8, 4) is 0 Å². The van der Waals surface area contributed by atoms with Gasteiger partial charge in [-0.15, -0.1) is 0 Å². The minimum atomic E-state index is 1.03. The summed E-state index contributed by atoms with van der Waals surface area (Å²) in [7, 11) is 0. The second kappa shape index (κ2) is 4.79. The smallest absolute Gasteiger partial charge is 0.0165 e. The first-order chi connectivity index (χ1) is 7.27. The lowest BCUT2D eigenvalue weighted by atomic mass is 10.0. The Kier molecular flexibility index (Phi) is 3.41. The molecule has 1 heteroatoms. The van der Waals surface area contributed by atoms with Gasteiger partial charge in [-0.3, -0.25) is 0 Å². The predicted octanol–water partition coefficient (Wildman–Crippen LogP) is 4.19. The molecule has 0 nitrogen and oxygen atoms in total. The van der Waals surface area contributed by atoms with E-state index >= 15 is 0 Å². The lowest BCUT2D eigenvalue weighted by molar-refractivity contribution is 1.14. The maximum Gasteiger partial charge on any atom is 0.0165 e. The number of rotatable bonds is 2. The standard InChI is InChI=1S/C14H13I/c1-11-6-2-3-7-12(11)10-13-8-4-5-9-14(13)15/h2-9H,10H2,1H3. The SMILES string of the molecule is Cc1ccccc1Cc1ccccc1I. The lowest BCUT2D eigenvalue weighted by Gasteiger charge is -2.07. The van der Waals surface area contributed by atoms with Gasteiger partial charge in [0.25, 0.3) is 0 Å². The Morgan fingerprint density at radius 3 is 2.13 bits per heavy atom. The summed E-state index contributed by atoms with van der Waals surface area (Å²) < 4.78 is 1.35. The largest absolute Gasteiger partial charge is 0.0620 e. The fraction of sp³-hybridized carbons (Fsp3) is 0.143. The molecular weight excluding hydrogens is 295 g/mol. The van der Waals surface area contributed by atoms with Gasteiger partial charge in [0.2, 0.25) is 0 Å². The third kappa shape index (κ3) is 2.59. The van der Waals surface area contributed by atoms with Gasteiger partial charge in [-0.1, -0.05) is 42.5 Å². The molecule has 15 heavy (non-hydrogen) atoms. The third-order valence-electron chi connectivity index (χ3n) is 2.60. The molecule has 0 N–H and O–H groups in total. The molecule has 0 amide bonds. The van der Waals surface area contributed by atoms with Gasteiger partial charge in [-0.05, 0) is 58.7 Å². The number of aryl methyl sites for hydroxylation is 1. The molecule has 0 spiro atoms. The molecule has 0 fully saturated rings. The fourth-order valence-corrected chi connectivity index (χ4v) is 2.23. The normalized spacial score (nSPS) is 10.3. The van der Waals surface area contributed by atoms with Gasteiger partial charge in [-0.2, -0.15) is 0 Å². The van der Waals surface area contributed by atoms with Gasteiger partial charge in [-0.25, -0.2) is 0 Å². The van der Waals surface area contributed by atoms with Crippen LogP contribution in [0, 0.1) is 10.5 Å². The zero-order chi connectivity index (χ0) is 10.7. The van der Waals surface area contributed by atoms with Gasteiger partial charge >= 0.3 is 0 Å². The van der Waals surface area contributed by atoms with Crippen molar-refractivity contribution in [2.45, 2.75) is 13.3 Å². The van der Waals surface area contributed by atoms with Gasteiger partial charge in [0.1, 0.15) is 0 Å². The van der Waals surface area contributed by atoms with Crippen LogP contribution in [0.15, 0.2) is 48.5 Å². The first-order valence-corrected chi connectivity index (χ1v) is 6.13. The first kappa shape index (κ1) is 10.7. The van der Waals surface area contributed by atoms with Crippen molar-refractivity contribution in [2.24, 2.45) is 0 Å². The minimum Gasteiger partial charge on any atom is -0.0620 e. The van der Waals surface area contributed by atoms with E-state index in [1.807, 2.05) is 0 Å². The number of halogens is 1. The summed E-state index contributed by atoms with van der Waals surface area (Å²) in [4.78, 5) is 0. The molecule has 2 aromatic rings. The Hall–Kier alpha value is -0.830. The van der Waals surface area contributed by atoms with E-state index in [1.165, 1.54) is 20.3 Å². The monoisotopic (exact) mass is 308 g/mol. The topological polar surface area (TPSA) is 0 Å². The molecule has 0 atom stereocenters. The van der Waals surface area contributed by atoms with Crippen LogP contribution in [0.3, 0.4) is 0 Å². The van der Waals surface area contributed by atoms with Crippen molar-refractivity contribution in [3.05, 3.63) is 68.8 Å². The van der Waals surface area contributed by atoms with E-state index in [9.17, 15) is 0 Å². The highest BCUT2D eigenvalue weighted by Crippen LogP contribution is 2.18. The molecule has 0 aliphatic rings. The molecule has 0 aliphatic heterocycles. The van der Waals surface area contributed by atoms with Crippen LogP contribution in [0.1, 0.15) is 16.7 Å². The van der Waals surface area contributed by atoms with Crippen molar-refractivity contribution < 1.29 is 0 Å². The summed E-state index contributed by atoms with van der Waals surface area (Å²) in [5, 5.41) is 0. The summed E-state index contributed by atoms with van der Waals surface area (Å²) in [6.45, 7) is 2.17. The highest BCUT2D eigenvalue weighted by molar-refractivity contribution is 14.1. The number of benzene rings is 2. The molecule has 0 saturated heterocycles. The van der Waals surface area contributed by atoms with Crippen molar-refractivity contribution in [2.75, 3.05) is 0 Å². The predicted molar refractivity (Wildman–Crippen MR) is 73.1 cm³/mol. The van der Waals surface area contributed by atoms with E-state index in [0.29, 0.717) is 0 Å². The van der Waals surface area contributed by atoms with Crippen LogP contribution in [0.2, 0.25) is 0 Å². The first-order valence-electron chi connectivity index (χ1n) is 5.05. The van der Waals surface area contributed by atoms with Crippen LogP contribution in [0.25, 0.3) is 0 Å². The van der Waals surface area contributed by atoms with Crippen molar-refractivity contribution in [1.29, 1.82) is 0 Å². The second-order valence-electron chi connectivity index (χ2n) is 3.69. The van der Waals surface area contributed by atoms with E-state index in [2.05, 4.69) is 78.0 Å². The Labute approximate surface area is 104 Å². The molecule has 0 heterocycles. The van der Waals surface area contributed by atoms with Crippen molar-refractivity contribution >= 4 is 22.6 Å². The second-order valence-corrected chi connectivity index (χ2v) is 4.86. The van der Waals surface area contributed by atoms with E-state index in [4.69, 9.17) is 0 Å². The zero-order valence-electron chi connectivity index (χ0n) is 8.70. The van der Waals surface area contributed by atoms with Gasteiger partial charge < -0.3 is 0 Å². The summed E-state index contributed by atoms with van der Waals surface area (Å²) in [6, 6.07) is 17.1. The molecule has 0 bridgehead atoms. The zero-order valence-corrected chi connectivity index (χ0v) is 10.9. The summed E-state index contributed by atoms with van der Waals surface area (Å²) in [5.74, 6) is 0. The Bertz CT molecular complexity index is 417. The summed E-state index contributed by atoms with van der Waals surface area (Å²) >= 11 is 2.40. The van der Waals surface area contributed by atoms with E-state index in [-0.39, 0.29) is 0 Å². The van der Waals surface area contributed by atoms with E-state index in [0.717, 1.165) is 6.42 Å². The van der Waals surface area contributed by atoms with Crippen LogP contribution in [-0.4, -0.2) is 0 Å². The van der Waals surface area contributed by atoms with Crippen molar-refractivity contribution in [3.63, 3.8) is 0 Å². The summed E-state index contributed by atoms with van der Waals surface area (Å²) in [5.41, 5.74) is 4.20. The maximum absolute atomic E-state index is 2.40. The average Bonchev–Trinajstić information content (AvgIpc) is 2.24. The van der Waals surface area contributed by atoms with Crippen LogP contribution < -0.4 is 0 Å².